The SMILES string of the molecule is CN(Cc1cccc(OC2CCN(C(=O)c3ccc4c(c3)OCO4)CC2)c1)Cc1cccc2ccccc12. The molecule has 2 aliphatic rings. The Morgan fingerprint density at radius 2 is 1.68 bits per heavy atom. The Bertz CT molecular complexity index is 1440. The Labute approximate surface area is 223 Å². The van der Waals surface area contributed by atoms with Crippen LogP contribution in [0.5, 0.6) is 17.2 Å². The molecule has 194 valence electrons. The molecule has 0 aliphatic carbocycles. The van der Waals surface area contributed by atoms with Gasteiger partial charge in [-0.1, -0.05) is 54.6 Å². The Balaban J connectivity index is 1.03. The average Bonchev–Trinajstić information content (AvgIpc) is 3.42. The molecule has 4 aromatic carbocycles. The van der Waals surface area contributed by atoms with Crippen molar-refractivity contribution in [3.63, 3.8) is 0 Å². The van der Waals surface area contributed by atoms with E-state index >= 15 is 0 Å². The van der Waals surface area contributed by atoms with E-state index < -0.39 is 0 Å². The molecule has 0 spiro atoms. The highest BCUT2D eigenvalue weighted by molar-refractivity contribution is 5.95. The number of carbonyl (C=O) groups is 1. The van der Waals surface area contributed by atoms with Crippen LogP contribution in [-0.2, 0) is 13.1 Å². The molecule has 1 fully saturated rings. The van der Waals surface area contributed by atoms with Gasteiger partial charge < -0.3 is 19.1 Å². The number of likely N-dealkylation sites (tertiary alicyclic amines) is 1. The van der Waals surface area contributed by atoms with Crippen LogP contribution in [-0.4, -0.2) is 48.7 Å². The first-order valence-corrected chi connectivity index (χ1v) is 13.2. The molecule has 6 heteroatoms. The number of rotatable bonds is 7. The van der Waals surface area contributed by atoms with E-state index in [2.05, 4.69) is 72.6 Å². The van der Waals surface area contributed by atoms with Crippen molar-refractivity contribution in [3.05, 3.63) is 102 Å². The molecule has 0 bridgehead atoms. The van der Waals surface area contributed by atoms with E-state index in [9.17, 15) is 4.79 Å². The van der Waals surface area contributed by atoms with Crippen LogP contribution in [0.2, 0.25) is 0 Å². The van der Waals surface area contributed by atoms with Crippen molar-refractivity contribution >= 4 is 16.7 Å². The van der Waals surface area contributed by atoms with Crippen LogP contribution in [0.1, 0.15) is 34.3 Å². The summed E-state index contributed by atoms with van der Waals surface area (Å²) in [6, 6.07) is 28.8. The lowest BCUT2D eigenvalue weighted by atomic mass is 10.0. The van der Waals surface area contributed by atoms with Crippen molar-refractivity contribution in [3.8, 4) is 17.2 Å². The van der Waals surface area contributed by atoms with Gasteiger partial charge >= 0.3 is 0 Å². The number of amides is 1. The number of carbonyl (C=O) groups excluding carboxylic acids is 1. The Morgan fingerprint density at radius 3 is 2.58 bits per heavy atom. The molecule has 0 saturated carbocycles. The lowest BCUT2D eigenvalue weighted by Gasteiger charge is -2.32. The second-order valence-electron chi connectivity index (χ2n) is 10.1. The maximum Gasteiger partial charge on any atom is 0.253 e. The van der Waals surface area contributed by atoms with Gasteiger partial charge in [0.1, 0.15) is 11.9 Å². The van der Waals surface area contributed by atoms with E-state index in [-0.39, 0.29) is 18.8 Å². The van der Waals surface area contributed by atoms with Crippen LogP contribution >= 0.6 is 0 Å². The summed E-state index contributed by atoms with van der Waals surface area (Å²) in [6.45, 7) is 3.26. The highest BCUT2D eigenvalue weighted by Crippen LogP contribution is 2.33. The monoisotopic (exact) mass is 508 g/mol. The van der Waals surface area contributed by atoms with E-state index in [1.165, 1.54) is 21.9 Å². The van der Waals surface area contributed by atoms with Gasteiger partial charge in [0, 0.05) is 44.6 Å². The molecule has 0 radical (unpaired) electrons. The van der Waals surface area contributed by atoms with E-state index in [1.807, 2.05) is 11.0 Å². The first-order chi connectivity index (χ1) is 18.6. The average molecular weight is 509 g/mol. The summed E-state index contributed by atoms with van der Waals surface area (Å²) in [5, 5.41) is 2.58. The van der Waals surface area contributed by atoms with Crippen LogP contribution in [0.25, 0.3) is 10.8 Å². The van der Waals surface area contributed by atoms with Crippen LogP contribution in [0.4, 0.5) is 0 Å². The number of benzene rings is 4. The second-order valence-corrected chi connectivity index (χ2v) is 10.1. The minimum Gasteiger partial charge on any atom is -0.490 e. The summed E-state index contributed by atoms with van der Waals surface area (Å²) in [5.41, 5.74) is 3.19. The van der Waals surface area contributed by atoms with Crippen molar-refractivity contribution in [2.75, 3.05) is 26.9 Å². The highest BCUT2D eigenvalue weighted by atomic mass is 16.7. The summed E-state index contributed by atoms with van der Waals surface area (Å²) in [5.74, 6) is 2.24. The number of hydrogen-bond acceptors (Lipinski definition) is 5. The van der Waals surface area contributed by atoms with Crippen LogP contribution < -0.4 is 14.2 Å². The van der Waals surface area contributed by atoms with E-state index in [0.29, 0.717) is 30.2 Å². The van der Waals surface area contributed by atoms with Gasteiger partial charge in [-0.15, -0.1) is 0 Å². The number of nitrogens with zero attached hydrogens (tertiary/aromatic N) is 2. The zero-order chi connectivity index (χ0) is 25.9. The second kappa shape index (κ2) is 10.8. The summed E-state index contributed by atoms with van der Waals surface area (Å²) in [6.07, 6.45) is 1.71. The fraction of sp³-hybridized carbons (Fsp3) is 0.281. The molecule has 0 N–H and O–H groups in total. The van der Waals surface area contributed by atoms with Gasteiger partial charge in [0.05, 0.1) is 0 Å². The molecule has 2 heterocycles. The van der Waals surface area contributed by atoms with Crippen LogP contribution in [0, 0.1) is 0 Å². The Hall–Kier alpha value is -4.03. The van der Waals surface area contributed by atoms with E-state index in [4.69, 9.17) is 14.2 Å². The predicted molar refractivity (Wildman–Crippen MR) is 148 cm³/mol. The summed E-state index contributed by atoms with van der Waals surface area (Å²) >= 11 is 0. The van der Waals surface area contributed by atoms with Crippen molar-refractivity contribution < 1.29 is 19.0 Å². The minimum atomic E-state index is 0.0259. The molecule has 6 rings (SSSR count). The first-order valence-electron chi connectivity index (χ1n) is 13.2. The van der Waals surface area contributed by atoms with Gasteiger partial charge in [0.15, 0.2) is 11.5 Å². The molecule has 0 unspecified atom stereocenters. The van der Waals surface area contributed by atoms with E-state index in [1.54, 1.807) is 18.2 Å². The first kappa shape index (κ1) is 24.3. The number of piperidine rings is 1. The van der Waals surface area contributed by atoms with Crippen LogP contribution in [0.3, 0.4) is 0 Å². The minimum absolute atomic E-state index is 0.0259. The number of ether oxygens (including phenoxy) is 3. The molecule has 4 aromatic rings. The normalized spacial score (nSPS) is 15.3. The molecular formula is C32H32N2O4. The molecular weight excluding hydrogens is 476 g/mol. The molecule has 1 amide bonds. The van der Waals surface area contributed by atoms with Crippen molar-refractivity contribution in [1.82, 2.24) is 9.80 Å². The molecule has 6 nitrogen and oxygen atoms in total. The third-order valence-electron chi connectivity index (χ3n) is 7.32. The van der Waals surface area contributed by atoms with Crippen molar-refractivity contribution in [1.29, 1.82) is 0 Å². The molecule has 38 heavy (non-hydrogen) atoms. The highest BCUT2D eigenvalue weighted by Gasteiger charge is 2.26. The zero-order valence-corrected chi connectivity index (χ0v) is 21.6. The summed E-state index contributed by atoms with van der Waals surface area (Å²) < 4.78 is 17.1. The van der Waals surface area contributed by atoms with Gasteiger partial charge in [-0.05, 0) is 59.3 Å². The number of fused-ring (bicyclic) bond motifs is 2. The van der Waals surface area contributed by atoms with Crippen molar-refractivity contribution in [2.24, 2.45) is 0 Å². The topological polar surface area (TPSA) is 51.2 Å². The molecule has 1 saturated heterocycles. The van der Waals surface area contributed by atoms with Crippen molar-refractivity contribution in [2.45, 2.75) is 32.0 Å². The van der Waals surface area contributed by atoms with Gasteiger partial charge in [-0.25, -0.2) is 0 Å². The van der Waals surface area contributed by atoms with Gasteiger partial charge in [-0.2, -0.15) is 0 Å². The Morgan fingerprint density at radius 1 is 0.895 bits per heavy atom. The summed E-state index contributed by atoms with van der Waals surface area (Å²) in [4.78, 5) is 17.2. The fourth-order valence-electron chi connectivity index (χ4n) is 5.39. The molecule has 2 aliphatic heterocycles. The third-order valence-corrected chi connectivity index (χ3v) is 7.32. The largest absolute Gasteiger partial charge is 0.490 e. The quantitative estimate of drug-likeness (QED) is 0.312. The van der Waals surface area contributed by atoms with Crippen LogP contribution in [0.15, 0.2) is 84.9 Å². The maximum absolute atomic E-state index is 13.0. The third kappa shape index (κ3) is 5.31. The molecule has 0 aromatic heterocycles. The molecule has 0 atom stereocenters. The van der Waals surface area contributed by atoms with Gasteiger partial charge in [0.2, 0.25) is 6.79 Å². The number of hydrogen-bond donors (Lipinski definition) is 0. The lowest BCUT2D eigenvalue weighted by molar-refractivity contribution is 0.0595. The predicted octanol–water partition coefficient (Wildman–Crippen LogP) is 5.88. The fourth-order valence-corrected chi connectivity index (χ4v) is 5.39. The maximum atomic E-state index is 13.0. The summed E-state index contributed by atoms with van der Waals surface area (Å²) in [7, 11) is 2.15. The standard InChI is InChI=1S/C32H32N2O4/c1-33(21-26-9-5-8-24-7-2-3-11-29(24)26)20-23-6-4-10-28(18-23)38-27-14-16-34(17-15-27)32(35)25-12-13-30-31(19-25)37-22-36-30/h2-13,18-19,27H,14-17,20-22H2,1H3. The van der Waals surface area contributed by atoms with E-state index in [0.717, 1.165) is 31.7 Å². The Kier molecular flexibility index (Phi) is 6.88. The van der Waals surface area contributed by atoms with Gasteiger partial charge in [0.25, 0.3) is 5.91 Å². The lowest BCUT2D eigenvalue weighted by Crippen LogP contribution is -2.41. The smallest absolute Gasteiger partial charge is 0.253 e. The van der Waals surface area contributed by atoms with Gasteiger partial charge in [-0.3, -0.25) is 9.69 Å². The zero-order valence-electron chi connectivity index (χ0n) is 21.6.